The molecule has 3 unspecified atom stereocenters. The highest BCUT2D eigenvalue weighted by Crippen LogP contribution is 2.17. The molecule has 2 aliphatic heterocycles. The molecule has 1 amide bonds. The molecule has 1 N–H and O–H groups in total. The van der Waals surface area contributed by atoms with Gasteiger partial charge in [-0.2, -0.15) is 0 Å². The van der Waals surface area contributed by atoms with Crippen molar-refractivity contribution >= 4 is 5.91 Å². The average Bonchev–Trinajstić information content (AvgIpc) is 2.80. The van der Waals surface area contributed by atoms with Crippen molar-refractivity contribution in [2.45, 2.75) is 50.7 Å². The Balaban J connectivity index is 1.89. The highest BCUT2D eigenvalue weighted by atomic mass is 16.5. The van der Waals surface area contributed by atoms with Gasteiger partial charge in [0, 0.05) is 19.7 Å². The lowest BCUT2D eigenvalue weighted by Gasteiger charge is -2.33. The van der Waals surface area contributed by atoms with E-state index in [0.29, 0.717) is 12.6 Å². The molecule has 0 aromatic rings. The van der Waals surface area contributed by atoms with E-state index in [9.17, 15) is 4.79 Å². The second-order valence-electron chi connectivity index (χ2n) is 5.02. The summed E-state index contributed by atoms with van der Waals surface area (Å²) in [5.74, 6) is 0.238. The molecule has 92 valence electrons. The van der Waals surface area contributed by atoms with Gasteiger partial charge < -0.3 is 15.0 Å². The van der Waals surface area contributed by atoms with Crippen LogP contribution in [-0.2, 0) is 9.53 Å². The Bertz CT molecular complexity index is 247. The van der Waals surface area contributed by atoms with Gasteiger partial charge >= 0.3 is 0 Å². The molecule has 0 aliphatic carbocycles. The lowest BCUT2D eigenvalue weighted by molar-refractivity contribution is -0.135. The molecule has 4 nitrogen and oxygen atoms in total. The normalized spacial score (nSPS) is 35.0. The van der Waals surface area contributed by atoms with Crippen molar-refractivity contribution in [1.29, 1.82) is 0 Å². The third kappa shape index (κ3) is 2.55. The van der Waals surface area contributed by atoms with E-state index in [0.717, 1.165) is 25.9 Å². The van der Waals surface area contributed by atoms with Crippen molar-refractivity contribution in [1.82, 2.24) is 10.2 Å². The SMILES string of the molecule is CC1CCCC(C(=O)N(C)C2CCOC2)N1. The van der Waals surface area contributed by atoms with E-state index in [1.807, 2.05) is 11.9 Å². The van der Waals surface area contributed by atoms with Crippen molar-refractivity contribution < 1.29 is 9.53 Å². The summed E-state index contributed by atoms with van der Waals surface area (Å²) in [4.78, 5) is 14.1. The summed E-state index contributed by atoms with van der Waals surface area (Å²) in [6.07, 6.45) is 4.28. The van der Waals surface area contributed by atoms with E-state index in [-0.39, 0.29) is 18.0 Å². The van der Waals surface area contributed by atoms with Crippen LogP contribution in [0.1, 0.15) is 32.6 Å². The molecule has 4 heteroatoms. The average molecular weight is 226 g/mol. The van der Waals surface area contributed by atoms with E-state index in [2.05, 4.69) is 12.2 Å². The summed E-state index contributed by atoms with van der Waals surface area (Å²) in [6, 6.07) is 0.775. The standard InChI is InChI=1S/C12H22N2O2/c1-9-4-3-5-11(13-9)12(15)14(2)10-6-7-16-8-10/h9-11,13H,3-8H2,1-2H3. The predicted molar refractivity (Wildman–Crippen MR) is 62.2 cm³/mol. The van der Waals surface area contributed by atoms with Crippen molar-refractivity contribution in [3.05, 3.63) is 0 Å². The van der Waals surface area contributed by atoms with Gasteiger partial charge in [-0.05, 0) is 32.6 Å². The highest BCUT2D eigenvalue weighted by Gasteiger charge is 2.31. The van der Waals surface area contributed by atoms with Gasteiger partial charge in [0.25, 0.3) is 0 Å². The fraction of sp³-hybridized carbons (Fsp3) is 0.917. The minimum atomic E-state index is 0.0225. The van der Waals surface area contributed by atoms with Crippen LogP contribution in [0, 0.1) is 0 Å². The first-order chi connectivity index (χ1) is 7.68. The van der Waals surface area contributed by atoms with Crippen LogP contribution >= 0.6 is 0 Å². The van der Waals surface area contributed by atoms with E-state index in [1.165, 1.54) is 6.42 Å². The molecule has 2 fully saturated rings. The van der Waals surface area contributed by atoms with E-state index >= 15 is 0 Å². The van der Waals surface area contributed by atoms with Crippen LogP contribution in [0.15, 0.2) is 0 Å². The third-order valence-corrected chi connectivity index (χ3v) is 3.71. The fourth-order valence-corrected chi connectivity index (χ4v) is 2.59. The van der Waals surface area contributed by atoms with Crippen LogP contribution in [0.5, 0.6) is 0 Å². The molecule has 3 atom stereocenters. The van der Waals surface area contributed by atoms with Gasteiger partial charge in [-0.25, -0.2) is 0 Å². The molecule has 2 heterocycles. The summed E-state index contributed by atoms with van der Waals surface area (Å²) >= 11 is 0. The van der Waals surface area contributed by atoms with Gasteiger partial charge in [0.2, 0.25) is 5.91 Å². The number of ether oxygens (including phenoxy) is 1. The van der Waals surface area contributed by atoms with Gasteiger partial charge in [-0.1, -0.05) is 0 Å². The zero-order valence-electron chi connectivity index (χ0n) is 10.2. The number of hydrogen-bond donors (Lipinski definition) is 1. The van der Waals surface area contributed by atoms with Crippen LogP contribution in [0.4, 0.5) is 0 Å². The molecule has 0 bridgehead atoms. The first-order valence-electron chi connectivity index (χ1n) is 6.29. The highest BCUT2D eigenvalue weighted by molar-refractivity contribution is 5.82. The molecule has 16 heavy (non-hydrogen) atoms. The van der Waals surface area contributed by atoms with Gasteiger partial charge in [0.05, 0.1) is 18.7 Å². The maximum atomic E-state index is 12.2. The quantitative estimate of drug-likeness (QED) is 0.756. The number of piperidine rings is 1. The Labute approximate surface area is 97.3 Å². The largest absolute Gasteiger partial charge is 0.379 e. The third-order valence-electron chi connectivity index (χ3n) is 3.71. The lowest BCUT2D eigenvalue weighted by atomic mass is 9.98. The van der Waals surface area contributed by atoms with Gasteiger partial charge in [0.1, 0.15) is 0 Å². The number of hydrogen-bond acceptors (Lipinski definition) is 3. The maximum Gasteiger partial charge on any atom is 0.239 e. The van der Waals surface area contributed by atoms with Gasteiger partial charge in [0.15, 0.2) is 0 Å². The minimum absolute atomic E-state index is 0.0225. The molecule has 2 aliphatic rings. The van der Waals surface area contributed by atoms with Crippen molar-refractivity contribution in [2.24, 2.45) is 0 Å². The Hall–Kier alpha value is -0.610. The van der Waals surface area contributed by atoms with E-state index in [1.54, 1.807) is 0 Å². The Morgan fingerprint density at radius 1 is 1.38 bits per heavy atom. The van der Waals surface area contributed by atoms with Crippen LogP contribution < -0.4 is 5.32 Å². The molecule has 0 radical (unpaired) electrons. The van der Waals surface area contributed by atoms with Gasteiger partial charge in [-0.15, -0.1) is 0 Å². The van der Waals surface area contributed by atoms with Crippen LogP contribution in [0.2, 0.25) is 0 Å². The first kappa shape index (κ1) is 11.9. The van der Waals surface area contributed by atoms with Crippen molar-refractivity contribution in [3.63, 3.8) is 0 Å². The molecule has 0 spiro atoms. The number of amides is 1. The fourth-order valence-electron chi connectivity index (χ4n) is 2.59. The zero-order chi connectivity index (χ0) is 11.5. The Morgan fingerprint density at radius 2 is 2.19 bits per heavy atom. The predicted octanol–water partition coefficient (Wildman–Crippen LogP) is 0.764. The second-order valence-corrected chi connectivity index (χ2v) is 5.02. The number of nitrogens with one attached hydrogen (secondary N) is 1. The summed E-state index contributed by atoms with van der Waals surface area (Å²) < 4.78 is 5.32. The molecular weight excluding hydrogens is 204 g/mol. The number of likely N-dealkylation sites (N-methyl/N-ethyl adjacent to an activating group) is 1. The van der Waals surface area contributed by atoms with Crippen LogP contribution in [0.25, 0.3) is 0 Å². The molecular formula is C12H22N2O2. The van der Waals surface area contributed by atoms with E-state index < -0.39 is 0 Å². The maximum absolute atomic E-state index is 12.2. The second kappa shape index (κ2) is 5.15. The lowest BCUT2D eigenvalue weighted by Crippen LogP contribution is -2.52. The molecule has 0 aromatic heterocycles. The van der Waals surface area contributed by atoms with Gasteiger partial charge in [-0.3, -0.25) is 4.79 Å². The Morgan fingerprint density at radius 3 is 2.81 bits per heavy atom. The molecule has 2 saturated heterocycles. The number of carbonyl (C=O) groups is 1. The number of rotatable bonds is 2. The van der Waals surface area contributed by atoms with Crippen molar-refractivity contribution in [3.8, 4) is 0 Å². The number of nitrogens with zero attached hydrogens (tertiary/aromatic N) is 1. The topological polar surface area (TPSA) is 41.6 Å². The summed E-state index contributed by atoms with van der Waals surface area (Å²) in [5, 5.41) is 3.39. The molecule has 0 saturated carbocycles. The zero-order valence-corrected chi connectivity index (χ0v) is 10.2. The summed E-state index contributed by atoms with van der Waals surface area (Å²) in [6.45, 7) is 3.64. The van der Waals surface area contributed by atoms with Crippen LogP contribution in [0.3, 0.4) is 0 Å². The smallest absolute Gasteiger partial charge is 0.239 e. The van der Waals surface area contributed by atoms with Crippen molar-refractivity contribution in [2.75, 3.05) is 20.3 Å². The minimum Gasteiger partial charge on any atom is -0.379 e. The van der Waals surface area contributed by atoms with Crippen LogP contribution in [-0.4, -0.2) is 49.2 Å². The summed E-state index contributed by atoms with van der Waals surface area (Å²) in [5.41, 5.74) is 0. The molecule has 0 aromatic carbocycles. The Kier molecular flexibility index (Phi) is 3.82. The first-order valence-corrected chi connectivity index (χ1v) is 6.29. The number of carbonyl (C=O) groups excluding carboxylic acids is 1. The molecule has 2 rings (SSSR count). The monoisotopic (exact) mass is 226 g/mol. The van der Waals surface area contributed by atoms with E-state index in [4.69, 9.17) is 4.74 Å². The summed E-state index contributed by atoms with van der Waals surface area (Å²) in [7, 11) is 1.91.